The molecule has 1 atom stereocenters. The van der Waals surface area contributed by atoms with Crippen LogP contribution in [0.5, 0.6) is 0 Å². The Morgan fingerprint density at radius 3 is 2.70 bits per heavy atom. The van der Waals surface area contributed by atoms with Gasteiger partial charge in [-0.15, -0.1) is 0 Å². The van der Waals surface area contributed by atoms with Gasteiger partial charge in [0.25, 0.3) is 0 Å². The van der Waals surface area contributed by atoms with Gasteiger partial charge in [0.15, 0.2) is 0 Å². The Hall–Kier alpha value is -1.18. The molecule has 2 heterocycles. The molecule has 1 aliphatic carbocycles. The van der Waals surface area contributed by atoms with Crippen molar-refractivity contribution in [1.82, 2.24) is 9.29 Å². The van der Waals surface area contributed by atoms with Crippen LogP contribution in [0.25, 0.3) is 0 Å². The summed E-state index contributed by atoms with van der Waals surface area (Å²) in [6, 6.07) is 3.19. The van der Waals surface area contributed by atoms with E-state index in [0.717, 1.165) is 25.9 Å². The van der Waals surface area contributed by atoms with E-state index in [-0.39, 0.29) is 10.9 Å². The highest BCUT2D eigenvalue weighted by Crippen LogP contribution is 2.33. The van der Waals surface area contributed by atoms with Crippen LogP contribution in [0.2, 0.25) is 0 Å². The molecule has 0 radical (unpaired) electrons. The summed E-state index contributed by atoms with van der Waals surface area (Å²) in [4.78, 5) is 4.11. The van der Waals surface area contributed by atoms with Gasteiger partial charge in [0.05, 0.1) is 6.61 Å². The molecule has 1 saturated heterocycles. The van der Waals surface area contributed by atoms with Gasteiger partial charge in [0.2, 0.25) is 10.0 Å². The number of nitrogens with two attached hydrogens (primary N) is 1. The Balaban J connectivity index is 1.83. The first-order valence-electron chi connectivity index (χ1n) is 6.88. The van der Waals surface area contributed by atoms with Gasteiger partial charge >= 0.3 is 0 Å². The van der Waals surface area contributed by atoms with Crippen molar-refractivity contribution in [2.45, 2.75) is 30.2 Å². The van der Waals surface area contributed by atoms with Gasteiger partial charge in [-0.2, -0.15) is 4.31 Å². The summed E-state index contributed by atoms with van der Waals surface area (Å²) < 4.78 is 32.4. The lowest BCUT2D eigenvalue weighted by Crippen LogP contribution is -2.37. The average Bonchev–Trinajstić information content (AvgIpc) is 3.12. The maximum atomic E-state index is 12.7. The average molecular weight is 297 g/mol. The van der Waals surface area contributed by atoms with Crippen LogP contribution in [-0.4, -0.2) is 43.5 Å². The molecule has 110 valence electrons. The Morgan fingerprint density at radius 2 is 2.15 bits per heavy atom. The molecule has 1 aromatic heterocycles. The molecule has 0 bridgehead atoms. The number of aromatic nitrogens is 1. The van der Waals surface area contributed by atoms with E-state index in [1.54, 1.807) is 4.31 Å². The van der Waals surface area contributed by atoms with Gasteiger partial charge < -0.3 is 10.5 Å². The van der Waals surface area contributed by atoms with Crippen LogP contribution in [0, 0.1) is 5.92 Å². The molecule has 0 spiro atoms. The van der Waals surface area contributed by atoms with Crippen LogP contribution in [-0.2, 0) is 14.8 Å². The van der Waals surface area contributed by atoms with Gasteiger partial charge in [-0.1, -0.05) is 0 Å². The molecule has 2 fully saturated rings. The summed E-state index contributed by atoms with van der Waals surface area (Å²) in [6.07, 6.45) is 4.15. The van der Waals surface area contributed by atoms with Crippen LogP contribution < -0.4 is 5.73 Å². The summed E-state index contributed by atoms with van der Waals surface area (Å²) >= 11 is 0. The predicted octanol–water partition coefficient (Wildman–Crippen LogP) is 0.853. The first-order valence-corrected chi connectivity index (χ1v) is 8.32. The number of pyridine rings is 1. The van der Waals surface area contributed by atoms with Crippen molar-refractivity contribution in [1.29, 1.82) is 0 Å². The summed E-state index contributed by atoms with van der Waals surface area (Å²) in [5.41, 5.74) is 5.51. The standard InChI is InChI=1S/C13H19N3O3S/c14-13-4-3-12(7-15-13)20(17,18)16(11-1-2-11)8-10-5-6-19-9-10/h3-4,7,10-11H,1-2,5-6,8-9H2,(H2,14,15). The minimum Gasteiger partial charge on any atom is -0.384 e. The highest BCUT2D eigenvalue weighted by molar-refractivity contribution is 7.89. The smallest absolute Gasteiger partial charge is 0.244 e. The number of nitrogens with zero attached hydrogens (tertiary/aromatic N) is 2. The Labute approximate surface area is 119 Å². The second-order valence-corrected chi connectivity index (χ2v) is 7.34. The maximum absolute atomic E-state index is 12.7. The molecule has 1 unspecified atom stereocenters. The van der Waals surface area contributed by atoms with Crippen LogP contribution in [0.3, 0.4) is 0 Å². The van der Waals surface area contributed by atoms with E-state index >= 15 is 0 Å². The van der Waals surface area contributed by atoms with E-state index < -0.39 is 10.0 Å². The van der Waals surface area contributed by atoms with Gasteiger partial charge in [-0.3, -0.25) is 0 Å². The molecule has 20 heavy (non-hydrogen) atoms. The van der Waals surface area contributed by atoms with E-state index in [0.29, 0.717) is 24.9 Å². The van der Waals surface area contributed by atoms with E-state index in [1.165, 1.54) is 18.3 Å². The summed E-state index contributed by atoms with van der Waals surface area (Å²) in [5, 5.41) is 0. The van der Waals surface area contributed by atoms with Crippen LogP contribution in [0.1, 0.15) is 19.3 Å². The monoisotopic (exact) mass is 297 g/mol. The third-order valence-electron chi connectivity index (χ3n) is 3.78. The SMILES string of the molecule is Nc1ccc(S(=O)(=O)N(CC2CCOC2)C2CC2)cn1. The lowest BCUT2D eigenvalue weighted by atomic mass is 10.1. The molecule has 6 nitrogen and oxygen atoms in total. The molecule has 2 aliphatic rings. The third-order valence-corrected chi connectivity index (χ3v) is 5.68. The van der Waals surface area contributed by atoms with E-state index in [2.05, 4.69) is 4.98 Å². The summed E-state index contributed by atoms with van der Waals surface area (Å²) in [5.74, 6) is 0.623. The normalized spacial score (nSPS) is 23.4. The largest absolute Gasteiger partial charge is 0.384 e. The highest BCUT2D eigenvalue weighted by Gasteiger charge is 2.39. The van der Waals surface area contributed by atoms with Crippen molar-refractivity contribution < 1.29 is 13.2 Å². The topological polar surface area (TPSA) is 85.5 Å². The quantitative estimate of drug-likeness (QED) is 0.871. The number of rotatable bonds is 5. The molecule has 1 aliphatic heterocycles. The van der Waals surface area contributed by atoms with Crippen molar-refractivity contribution in [3.8, 4) is 0 Å². The zero-order valence-corrected chi connectivity index (χ0v) is 12.1. The molecule has 2 N–H and O–H groups in total. The third kappa shape index (κ3) is 2.79. The van der Waals surface area contributed by atoms with Gasteiger partial charge in [0, 0.05) is 25.4 Å². The van der Waals surface area contributed by atoms with Crippen molar-refractivity contribution >= 4 is 15.8 Å². The lowest BCUT2D eigenvalue weighted by Gasteiger charge is -2.24. The van der Waals surface area contributed by atoms with Gasteiger partial charge in [0.1, 0.15) is 10.7 Å². The second-order valence-electron chi connectivity index (χ2n) is 5.45. The molecule has 3 rings (SSSR count). The molecule has 1 saturated carbocycles. The Bertz CT molecular complexity index is 563. The first kappa shape index (κ1) is 13.8. The minimum atomic E-state index is -3.48. The van der Waals surface area contributed by atoms with Crippen molar-refractivity contribution in [2.24, 2.45) is 5.92 Å². The molecular formula is C13H19N3O3S. The lowest BCUT2D eigenvalue weighted by molar-refractivity contribution is 0.180. The number of sulfonamides is 1. The van der Waals surface area contributed by atoms with Gasteiger partial charge in [-0.05, 0) is 37.3 Å². The molecular weight excluding hydrogens is 278 g/mol. The fourth-order valence-corrected chi connectivity index (χ4v) is 4.17. The number of nitrogen functional groups attached to an aromatic ring is 1. The number of anilines is 1. The van der Waals surface area contributed by atoms with E-state index in [1.807, 2.05) is 0 Å². The van der Waals surface area contributed by atoms with E-state index in [9.17, 15) is 8.42 Å². The van der Waals surface area contributed by atoms with Crippen molar-refractivity contribution in [3.05, 3.63) is 18.3 Å². The zero-order chi connectivity index (χ0) is 14.2. The van der Waals surface area contributed by atoms with Crippen LogP contribution in [0.4, 0.5) is 5.82 Å². The molecule has 0 aromatic carbocycles. The van der Waals surface area contributed by atoms with Crippen LogP contribution in [0.15, 0.2) is 23.2 Å². The van der Waals surface area contributed by atoms with Crippen LogP contribution >= 0.6 is 0 Å². The molecule has 7 heteroatoms. The second kappa shape index (κ2) is 5.31. The van der Waals surface area contributed by atoms with Crippen molar-refractivity contribution in [3.63, 3.8) is 0 Å². The number of ether oxygens (including phenoxy) is 1. The predicted molar refractivity (Wildman–Crippen MR) is 74.5 cm³/mol. The highest BCUT2D eigenvalue weighted by atomic mass is 32.2. The van der Waals surface area contributed by atoms with Gasteiger partial charge in [-0.25, -0.2) is 13.4 Å². The van der Waals surface area contributed by atoms with E-state index in [4.69, 9.17) is 10.5 Å². The molecule has 1 aromatic rings. The van der Waals surface area contributed by atoms with Crippen molar-refractivity contribution in [2.75, 3.05) is 25.5 Å². The number of hydrogen-bond acceptors (Lipinski definition) is 5. The minimum absolute atomic E-state index is 0.137. The Kier molecular flexibility index (Phi) is 3.66. The molecule has 0 amide bonds. The first-order chi connectivity index (χ1) is 9.57. The Morgan fingerprint density at radius 1 is 1.35 bits per heavy atom. The maximum Gasteiger partial charge on any atom is 0.244 e. The fourth-order valence-electron chi connectivity index (χ4n) is 2.47. The fraction of sp³-hybridized carbons (Fsp3) is 0.615. The number of hydrogen-bond donors (Lipinski definition) is 1. The summed E-state index contributed by atoms with van der Waals surface area (Å²) in [7, 11) is -3.48. The summed E-state index contributed by atoms with van der Waals surface area (Å²) in [6.45, 7) is 1.92. The zero-order valence-electron chi connectivity index (χ0n) is 11.2.